The van der Waals surface area contributed by atoms with Crippen molar-refractivity contribution in [3.05, 3.63) is 52.7 Å². The molecule has 1 fully saturated rings. The average Bonchev–Trinajstić information content (AvgIpc) is 3.06. The van der Waals surface area contributed by atoms with E-state index in [-0.39, 0.29) is 5.56 Å². The Morgan fingerprint density at radius 3 is 2.96 bits per heavy atom. The Balaban J connectivity index is 1.57. The smallest absolute Gasteiger partial charge is 0.251 e. The molecule has 5 rings (SSSR count). The Kier molecular flexibility index (Phi) is 3.90. The van der Waals surface area contributed by atoms with Gasteiger partial charge in [-0.2, -0.15) is 5.10 Å². The largest absolute Gasteiger partial charge is 0.312 e. The summed E-state index contributed by atoms with van der Waals surface area (Å²) in [4.78, 5) is 19.9. The molecule has 3 aromatic rings. The van der Waals surface area contributed by atoms with Crippen LogP contribution in [0.15, 0.2) is 41.5 Å². The van der Waals surface area contributed by atoms with Gasteiger partial charge in [0.15, 0.2) is 5.65 Å². The Morgan fingerprint density at radius 1 is 1.22 bits per heavy atom. The van der Waals surface area contributed by atoms with Crippen LogP contribution in [0.5, 0.6) is 0 Å². The van der Waals surface area contributed by atoms with Crippen molar-refractivity contribution >= 4 is 5.65 Å². The fourth-order valence-electron chi connectivity index (χ4n) is 4.90. The lowest BCUT2D eigenvalue weighted by Gasteiger charge is -2.43. The minimum Gasteiger partial charge on any atom is -0.312 e. The summed E-state index contributed by atoms with van der Waals surface area (Å²) in [5.74, 6) is 1.67. The summed E-state index contributed by atoms with van der Waals surface area (Å²) in [6.07, 6.45) is 4.74. The van der Waals surface area contributed by atoms with Crippen molar-refractivity contribution < 1.29 is 0 Å². The molecule has 2 aliphatic heterocycles. The standard InChI is InChI=1S/C21H25N5O/c1-14(2)10-24-11-15-6-17(13-24)18-7-16(8-21(27)25(18)12-15)19-9-22-20-4-3-5-23-26(19)20/h3-5,7-9,14-15,17H,6,10-13H2,1-2H3/t15-,17+/m0/s1. The van der Waals surface area contributed by atoms with Crippen molar-refractivity contribution in [2.75, 3.05) is 19.6 Å². The topological polar surface area (TPSA) is 55.4 Å². The molecule has 0 radical (unpaired) electrons. The minimum absolute atomic E-state index is 0.0976. The molecule has 2 aliphatic rings. The van der Waals surface area contributed by atoms with Crippen LogP contribution in [0.3, 0.4) is 0 Å². The van der Waals surface area contributed by atoms with Crippen LogP contribution < -0.4 is 5.56 Å². The number of imidazole rings is 1. The zero-order chi connectivity index (χ0) is 18.5. The zero-order valence-corrected chi connectivity index (χ0v) is 15.9. The maximum atomic E-state index is 12.9. The molecule has 0 aromatic carbocycles. The predicted octanol–water partition coefficient (Wildman–Crippen LogP) is 2.63. The molecule has 2 bridgehead atoms. The number of nitrogens with zero attached hydrogens (tertiary/aromatic N) is 5. The molecule has 0 spiro atoms. The quantitative estimate of drug-likeness (QED) is 0.718. The summed E-state index contributed by atoms with van der Waals surface area (Å²) in [7, 11) is 0. The fraction of sp³-hybridized carbons (Fsp3) is 0.476. The van der Waals surface area contributed by atoms with E-state index in [4.69, 9.17) is 0 Å². The molecular formula is C21H25N5O. The van der Waals surface area contributed by atoms with Gasteiger partial charge in [0.2, 0.25) is 0 Å². The summed E-state index contributed by atoms with van der Waals surface area (Å²) < 4.78 is 3.81. The third-order valence-corrected chi connectivity index (χ3v) is 5.83. The molecule has 140 valence electrons. The van der Waals surface area contributed by atoms with Gasteiger partial charge in [-0.3, -0.25) is 4.79 Å². The fourth-order valence-corrected chi connectivity index (χ4v) is 4.90. The van der Waals surface area contributed by atoms with Crippen molar-refractivity contribution in [2.45, 2.75) is 32.7 Å². The maximum Gasteiger partial charge on any atom is 0.251 e. The number of piperidine rings is 1. The highest BCUT2D eigenvalue weighted by molar-refractivity contribution is 5.63. The van der Waals surface area contributed by atoms with E-state index in [0.29, 0.717) is 17.8 Å². The van der Waals surface area contributed by atoms with Crippen LogP contribution in [0, 0.1) is 11.8 Å². The Bertz CT molecular complexity index is 1050. The van der Waals surface area contributed by atoms with Gasteiger partial charge in [-0.15, -0.1) is 0 Å². The summed E-state index contributed by atoms with van der Waals surface area (Å²) >= 11 is 0. The van der Waals surface area contributed by atoms with Gasteiger partial charge in [-0.25, -0.2) is 9.50 Å². The zero-order valence-electron chi connectivity index (χ0n) is 15.9. The number of hydrogen-bond donors (Lipinski definition) is 0. The SMILES string of the molecule is CC(C)CN1C[C@@H]2C[C@H](C1)c1cc(-c3cnc4cccnn34)cc(=O)n1C2. The second-order valence-electron chi connectivity index (χ2n) is 8.47. The number of rotatable bonds is 3. The van der Waals surface area contributed by atoms with Gasteiger partial charge in [-0.05, 0) is 36.5 Å². The summed E-state index contributed by atoms with van der Waals surface area (Å²) in [6.45, 7) is 8.68. The van der Waals surface area contributed by atoms with Gasteiger partial charge in [0, 0.05) is 55.6 Å². The maximum absolute atomic E-state index is 12.9. The van der Waals surface area contributed by atoms with E-state index in [1.807, 2.05) is 27.4 Å². The number of hydrogen-bond acceptors (Lipinski definition) is 4. The van der Waals surface area contributed by atoms with Gasteiger partial charge in [0.25, 0.3) is 5.56 Å². The average molecular weight is 363 g/mol. The first kappa shape index (κ1) is 16.7. The summed E-state index contributed by atoms with van der Waals surface area (Å²) in [6, 6.07) is 7.74. The number of fused-ring (bicyclic) bond motifs is 5. The van der Waals surface area contributed by atoms with E-state index in [1.165, 1.54) is 12.1 Å². The van der Waals surface area contributed by atoms with Gasteiger partial charge in [0.05, 0.1) is 11.9 Å². The molecule has 0 aliphatic carbocycles. The summed E-state index contributed by atoms with van der Waals surface area (Å²) in [5.41, 5.74) is 3.86. The van der Waals surface area contributed by atoms with E-state index in [1.54, 1.807) is 12.3 Å². The first-order valence-corrected chi connectivity index (χ1v) is 9.85. The lowest BCUT2D eigenvalue weighted by molar-refractivity contribution is 0.109. The highest BCUT2D eigenvalue weighted by Crippen LogP contribution is 2.36. The molecule has 0 amide bonds. The highest BCUT2D eigenvalue weighted by atomic mass is 16.1. The van der Waals surface area contributed by atoms with Gasteiger partial charge < -0.3 is 9.47 Å². The van der Waals surface area contributed by atoms with Crippen LogP contribution in [-0.4, -0.2) is 43.7 Å². The van der Waals surface area contributed by atoms with Crippen LogP contribution in [-0.2, 0) is 6.54 Å². The monoisotopic (exact) mass is 363 g/mol. The third-order valence-electron chi connectivity index (χ3n) is 5.83. The lowest BCUT2D eigenvalue weighted by Crippen LogP contribution is -2.48. The number of likely N-dealkylation sites (tertiary alicyclic amines) is 1. The normalized spacial score (nSPS) is 22.3. The van der Waals surface area contributed by atoms with Gasteiger partial charge in [-0.1, -0.05) is 13.8 Å². The van der Waals surface area contributed by atoms with E-state index in [9.17, 15) is 4.79 Å². The van der Waals surface area contributed by atoms with Crippen molar-refractivity contribution in [1.82, 2.24) is 24.1 Å². The third kappa shape index (κ3) is 2.88. The first-order chi connectivity index (χ1) is 13.1. The molecule has 6 heteroatoms. The van der Waals surface area contributed by atoms with E-state index in [0.717, 1.165) is 43.1 Å². The van der Waals surface area contributed by atoms with Crippen LogP contribution in [0.25, 0.3) is 16.9 Å². The number of pyridine rings is 1. The van der Waals surface area contributed by atoms with E-state index >= 15 is 0 Å². The van der Waals surface area contributed by atoms with E-state index in [2.05, 4.69) is 34.9 Å². The Morgan fingerprint density at radius 2 is 2.11 bits per heavy atom. The van der Waals surface area contributed by atoms with Gasteiger partial charge in [0.1, 0.15) is 0 Å². The molecular weight excluding hydrogens is 338 g/mol. The van der Waals surface area contributed by atoms with Crippen molar-refractivity contribution in [2.24, 2.45) is 11.8 Å². The van der Waals surface area contributed by atoms with Crippen molar-refractivity contribution in [3.63, 3.8) is 0 Å². The molecule has 0 N–H and O–H groups in total. The lowest BCUT2D eigenvalue weighted by atomic mass is 9.82. The Labute approximate surface area is 158 Å². The molecule has 5 heterocycles. The minimum atomic E-state index is 0.0976. The second-order valence-corrected chi connectivity index (χ2v) is 8.47. The second kappa shape index (κ2) is 6.30. The van der Waals surface area contributed by atoms with Crippen molar-refractivity contribution in [3.8, 4) is 11.3 Å². The van der Waals surface area contributed by atoms with Crippen molar-refractivity contribution in [1.29, 1.82) is 0 Å². The van der Waals surface area contributed by atoms with Crippen LogP contribution >= 0.6 is 0 Å². The van der Waals surface area contributed by atoms with Crippen LogP contribution in [0.2, 0.25) is 0 Å². The molecule has 1 saturated heterocycles. The molecule has 2 atom stereocenters. The van der Waals surface area contributed by atoms with Crippen LogP contribution in [0.4, 0.5) is 0 Å². The van der Waals surface area contributed by atoms with Crippen LogP contribution in [0.1, 0.15) is 31.9 Å². The predicted molar refractivity (Wildman–Crippen MR) is 105 cm³/mol. The Hall–Kier alpha value is -2.47. The molecule has 3 aromatic heterocycles. The molecule has 6 nitrogen and oxygen atoms in total. The van der Waals surface area contributed by atoms with Gasteiger partial charge >= 0.3 is 0 Å². The highest BCUT2D eigenvalue weighted by Gasteiger charge is 2.35. The molecule has 27 heavy (non-hydrogen) atoms. The number of aromatic nitrogens is 4. The molecule has 0 unspecified atom stereocenters. The molecule has 0 saturated carbocycles. The van der Waals surface area contributed by atoms with E-state index < -0.39 is 0 Å². The first-order valence-electron chi connectivity index (χ1n) is 9.85. The summed E-state index contributed by atoms with van der Waals surface area (Å²) in [5, 5.41) is 4.40.